The van der Waals surface area contributed by atoms with Crippen LogP contribution in [0, 0.1) is 13.8 Å². The van der Waals surface area contributed by atoms with Crippen molar-refractivity contribution < 1.29 is 8.42 Å². The average Bonchev–Trinajstić information content (AvgIpc) is 2.42. The second-order valence-electron chi connectivity index (χ2n) is 5.44. The summed E-state index contributed by atoms with van der Waals surface area (Å²) in [5.74, 6) is 0. The van der Waals surface area contributed by atoms with Crippen LogP contribution in [0.2, 0.25) is 0 Å². The topological polar surface area (TPSA) is 46.2 Å². The molecule has 0 aromatic heterocycles. The molecule has 0 fully saturated rings. The summed E-state index contributed by atoms with van der Waals surface area (Å²) in [6, 6.07) is 13.5. The van der Waals surface area contributed by atoms with E-state index in [9.17, 15) is 8.42 Å². The van der Waals surface area contributed by atoms with E-state index >= 15 is 0 Å². The lowest BCUT2D eigenvalue weighted by atomic mass is 10.1. The van der Waals surface area contributed by atoms with Gasteiger partial charge in [0.05, 0.1) is 4.90 Å². The zero-order valence-electron chi connectivity index (χ0n) is 12.7. The molecule has 0 aliphatic heterocycles. The summed E-state index contributed by atoms with van der Waals surface area (Å²) in [6.07, 6.45) is 1.22. The van der Waals surface area contributed by atoms with E-state index in [1.54, 1.807) is 12.1 Å². The highest BCUT2D eigenvalue weighted by Crippen LogP contribution is 2.11. The first-order chi connectivity index (χ1) is 9.86. The van der Waals surface area contributed by atoms with E-state index in [4.69, 9.17) is 0 Å². The zero-order valence-corrected chi connectivity index (χ0v) is 13.5. The van der Waals surface area contributed by atoms with Crippen molar-refractivity contribution >= 4 is 9.84 Å². The van der Waals surface area contributed by atoms with E-state index in [1.807, 2.05) is 12.1 Å². The molecule has 21 heavy (non-hydrogen) atoms. The molecule has 0 heterocycles. The van der Waals surface area contributed by atoms with Crippen LogP contribution >= 0.6 is 0 Å². The van der Waals surface area contributed by atoms with Gasteiger partial charge in [0.1, 0.15) is 0 Å². The molecule has 0 spiro atoms. The maximum atomic E-state index is 11.4. The van der Waals surface area contributed by atoms with Gasteiger partial charge in [-0.2, -0.15) is 0 Å². The molecule has 2 rings (SSSR count). The molecule has 0 unspecified atom stereocenters. The van der Waals surface area contributed by atoms with E-state index in [0.717, 1.165) is 18.7 Å². The third-order valence-electron chi connectivity index (χ3n) is 3.58. The van der Waals surface area contributed by atoms with E-state index in [0.29, 0.717) is 4.90 Å². The fraction of sp³-hybridized carbons (Fsp3) is 0.294. The van der Waals surface area contributed by atoms with Crippen LogP contribution in [0.15, 0.2) is 47.4 Å². The molecule has 112 valence electrons. The van der Waals surface area contributed by atoms with Gasteiger partial charge in [-0.25, -0.2) is 8.42 Å². The van der Waals surface area contributed by atoms with Gasteiger partial charge >= 0.3 is 0 Å². The highest BCUT2D eigenvalue weighted by atomic mass is 32.2. The molecule has 1 N–H and O–H groups in total. The SMILES string of the molecule is Cc1ccc(CNCc2ccc(S(C)(=O)=O)cc2)cc1C. The second-order valence-corrected chi connectivity index (χ2v) is 7.45. The van der Waals surface area contributed by atoms with Crippen LogP contribution in [0.5, 0.6) is 0 Å². The van der Waals surface area contributed by atoms with E-state index in [2.05, 4.69) is 37.4 Å². The Morgan fingerprint density at radius 2 is 1.43 bits per heavy atom. The Bertz CT molecular complexity index is 719. The fourth-order valence-electron chi connectivity index (χ4n) is 2.12. The summed E-state index contributed by atoms with van der Waals surface area (Å²) in [5.41, 5.74) is 4.93. The molecule has 0 aliphatic rings. The number of sulfone groups is 1. The van der Waals surface area contributed by atoms with Crippen LogP contribution in [0.1, 0.15) is 22.3 Å². The van der Waals surface area contributed by atoms with Crippen molar-refractivity contribution in [2.75, 3.05) is 6.26 Å². The zero-order chi connectivity index (χ0) is 15.5. The van der Waals surface area contributed by atoms with Crippen LogP contribution in [0.4, 0.5) is 0 Å². The maximum absolute atomic E-state index is 11.4. The maximum Gasteiger partial charge on any atom is 0.175 e. The minimum Gasteiger partial charge on any atom is -0.309 e. The fourth-order valence-corrected chi connectivity index (χ4v) is 2.75. The highest BCUT2D eigenvalue weighted by molar-refractivity contribution is 7.90. The predicted molar refractivity (Wildman–Crippen MR) is 86.0 cm³/mol. The molecule has 0 amide bonds. The molecule has 2 aromatic carbocycles. The Morgan fingerprint density at radius 3 is 2.00 bits per heavy atom. The van der Waals surface area contributed by atoms with Crippen LogP contribution in [-0.4, -0.2) is 14.7 Å². The van der Waals surface area contributed by atoms with Crippen molar-refractivity contribution in [1.82, 2.24) is 5.32 Å². The molecule has 0 atom stereocenters. The summed E-state index contributed by atoms with van der Waals surface area (Å²) in [6.45, 7) is 5.74. The van der Waals surface area contributed by atoms with Crippen molar-refractivity contribution in [3.63, 3.8) is 0 Å². The van der Waals surface area contributed by atoms with Gasteiger partial charge in [0.25, 0.3) is 0 Å². The summed E-state index contributed by atoms with van der Waals surface area (Å²) >= 11 is 0. The largest absolute Gasteiger partial charge is 0.309 e. The lowest BCUT2D eigenvalue weighted by Crippen LogP contribution is -2.13. The summed E-state index contributed by atoms with van der Waals surface area (Å²) in [4.78, 5) is 0.361. The van der Waals surface area contributed by atoms with Gasteiger partial charge in [-0.1, -0.05) is 30.3 Å². The molecular formula is C17H21NO2S. The Morgan fingerprint density at radius 1 is 0.857 bits per heavy atom. The summed E-state index contributed by atoms with van der Waals surface area (Å²) < 4.78 is 22.8. The minimum absolute atomic E-state index is 0.361. The number of rotatable bonds is 5. The standard InChI is InChI=1S/C17H21NO2S/c1-13-4-5-16(10-14(13)2)12-18-11-15-6-8-17(9-7-15)21(3,19)20/h4-10,18H,11-12H2,1-3H3. The van der Waals surface area contributed by atoms with Crippen molar-refractivity contribution in [2.24, 2.45) is 0 Å². The van der Waals surface area contributed by atoms with Crippen LogP contribution in [0.25, 0.3) is 0 Å². The second kappa shape index (κ2) is 6.41. The van der Waals surface area contributed by atoms with Crippen molar-refractivity contribution in [1.29, 1.82) is 0 Å². The number of hydrogen-bond donors (Lipinski definition) is 1. The summed E-state index contributed by atoms with van der Waals surface area (Å²) in [7, 11) is -3.11. The number of hydrogen-bond acceptors (Lipinski definition) is 3. The first-order valence-electron chi connectivity index (χ1n) is 6.92. The van der Waals surface area contributed by atoms with Gasteiger partial charge in [-0.3, -0.25) is 0 Å². The smallest absolute Gasteiger partial charge is 0.175 e. The number of nitrogens with one attached hydrogen (secondary N) is 1. The Hall–Kier alpha value is -1.65. The average molecular weight is 303 g/mol. The predicted octanol–water partition coefficient (Wildman–Crippen LogP) is 3.00. The van der Waals surface area contributed by atoms with Gasteiger partial charge in [0.15, 0.2) is 9.84 Å². The molecular weight excluding hydrogens is 282 g/mol. The first-order valence-corrected chi connectivity index (χ1v) is 8.81. The van der Waals surface area contributed by atoms with Crippen LogP contribution < -0.4 is 5.32 Å². The van der Waals surface area contributed by atoms with E-state index < -0.39 is 9.84 Å². The Kier molecular flexibility index (Phi) is 4.80. The van der Waals surface area contributed by atoms with Gasteiger partial charge in [-0.05, 0) is 48.2 Å². The van der Waals surface area contributed by atoms with Gasteiger partial charge in [0.2, 0.25) is 0 Å². The van der Waals surface area contributed by atoms with Crippen molar-refractivity contribution in [3.8, 4) is 0 Å². The number of benzene rings is 2. The quantitative estimate of drug-likeness (QED) is 0.923. The van der Waals surface area contributed by atoms with E-state index in [1.165, 1.54) is 22.9 Å². The van der Waals surface area contributed by atoms with Crippen LogP contribution in [0.3, 0.4) is 0 Å². The van der Waals surface area contributed by atoms with Crippen LogP contribution in [-0.2, 0) is 22.9 Å². The Labute approximate surface area is 126 Å². The number of aryl methyl sites for hydroxylation is 2. The molecule has 0 aliphatic carbocycles. The third-order valence-corrected chi connectivity index (χ3v) is 4.71. The summed E-state index contributed by atoms with van der Waals surface area (Å²) in [5, 5.41) is 3.37. The van der Waals surface area contributed by atoms with Gasteiger partial charge < -0.3 is 5.32 Å². The third kappa shape index (κ3) is 4.41. The minimum atomic E-state index is -3.11. The van der Waals surface area contributed by atoms with Crippen molar-refractivity contribution in [3.05, 3.63) is 64.7 Å². The highest BCUT2D eigenvalue weighted by Gasteiger charge is 2.05. The lowest BCUT2D eigenvalue weighted by molar-refractivity contribution is 0.602. The molecule has 0 saturated heterocycles. The lowest BCUT2D eigenvalue weighted by Gasteiger charge is -2.08. The first kappa shape index (κ1) is 15.7. The molecule has 0 saturated carbocycles. The van der Waals surface area contributed by atoms with Gasteiger partial charge in [-0.15, -0.1) is 0 Å². The monoisotopic (exact) mass is 303 g/mol. The van der Waals surface area contributed by atoms with Crippen molar-refractivity contribution in [2.45, 2.75) is 31.8 Å². The normalized spacial score (nSPS) is 11.6. The molecule has 3 nitrogen and oxygen atoms in total. The van der Waals surface area contributed by atoms with E-state index in [-0.39, 0.29) is 0 Å². The molecule has 4 heteroatoms. The Balaban J connectivity index is 1.93. The molecule has 0 radical (unpaired) electrons. The van der Waals surface area contributed by atoms with Gasteiger partial charge in [0, 0.05) is 19.3 Å². The molecule has 0 bridgehead atoms. The molecule has 2 aromatic rings.